The van der Waals surface area contributed by atoms with Crippen LogP contribution in [0.25, 0.3) is 0 Å². The lowest BCUT2D eigenvalue weighted by Gasteiger charge is -2.23. The van der Waals surface area contributed by atoms with Crippen molar-refractivity contribution in [1.82, 2.24) is 0 Å². The Morgan fingerprint density at radius 1 is 1.39 bits per heavy atom. The van der Waals surface area contributed by atoms with E-state index < -0.39 is 34.6 Å². The number of halogens is 3. The minimum atomic E-state index is -1.35. The highest BCUT2D eigenvalue weighted by atomic mass is 19.2. The fourth-order valence-electron chi connectivity index (χ4n) is 1.77. The summed E-state index contributed by atoms with van der Waals surface area (Å²) in [5.74, 6) is -4.23. The molecule has 0 saturated heterocycles. The molecule has 3 nitrogen and oxygen atoms in total. The van der Waals surface area contributed by atoms with Gasteiger partial charge in [0, 0.05) is 12.1 Å². The van der Waals surface area contributed by atoms with Gasteiger partial charge < -0.3 is 11.1 Å². The van der Waals surface area contributed by atoms with Gasteiger partial charge in [-0.3, -0.25) is 4.79 Å². The van der Waals surface area contributed by atoms with E-state index in [1.54, 1.807) is 0 Å². The van der Waals surface area contributed by atoms with Gasteiger partial charge >= 0.3 is 0 Å². The molecule has 1 saturated carbocycles. The number of amides is 1. The molecule has 0 spiro atoms. The van der Waals surface area contributed by atoms with Crippen molar-refractivity contribution in [3.8, 4) is 0 Å². The molecule has 1 amide bonds. The number of carbonyl (C=O) groups is 1. The van der Waals surface area contributed by atoms with Gasteiger partial charge in [-0.2, -0.15) is 0 Å². The SMILES string of the molecule is CC(N)(C(=O)Nc1cc(F)cc(F)c1F)C1CC1. The first-order valence-corrected chi connectivity index (χ1v) is 5.57. The predicted molar refractivity (Wildman–Crippen MR) is 60.3 cm³/mol. The third-order valence-electron chi connectivity index (χ3n) is 3.16. The molecule has 0 radical (unpaired) electrons. The molecule has 0 aliphatic heterocycles. The van der Waals surface area contributed by atoms with Crippen molar-refractivity contribution in [3.05, 3.63) is 29.6 Å². The van der Waals surface area contributed by atoms with Gasteiger partial charge in [-0.25, -0.2) is 13.2 Å². The van der Waals surface area contributed by atoms with Gasteiger partial charge in [0.2, 0.25) is 5.91 Å². The van der Waals surface area contributed by atoms with Gasteiger partial charge in [0.05, 0.1) is 11.2 Å². The first kappa shape index (κ1) is 12.9. The van der Waals surface area contributed by atoms with Crippen molar-refractivity contribution in [3.63, 3.8) is 0 Å². The van der Waals surface area contributed by atoms with Gasteiger partial charge in [0.1, 0.15) is 5.82 Å². The maximum absolute atomic E-state index is 13.3. The first-order valence-electron chi connectivity index (χ1n) is 5.57. The van der Waals surface area contributed by atoms with Crippen molar-refractivity contribution >= 4 is 11.6 Å². The second-order valence-electron chi connectivity index (χ2n) is 4.76. The number of anilines is 1. The average molecular weight is 258 g/mol. The average Bonchev–Trinajstić information content (AvgIpc) is 3.08. The molecule has 6 heteroatoms. The summed E-state index contributed by atoms with van der Waals surface area (Å²) in [7, 11) is 0. The molecular weight excluding hydrogens is 245 g/mol. The minimum Gasteiger partial charge on any atom is -0.322 e. The molecule has 1 atom stereocenters. The fourth-order valence-corrected chi connectivity index (χ4v) is 1.77. The highest BCUT2D eigenvalue weighted by Gasteiger charge is 2.44. The van der Waals surface area contributed by atoms with Crippen molar-refractivity contribution in [1.29, 1.82) is 0 Å². The maximum Gasteiger partial charge on any atom is 0.244 e. The molecule has 2 rings (SSSR count). The van der Waals surface area contributed by atoms with Crippen molar-refractivity contribution in [2.24, 2.45) is 11.7 Å². The van der Waals surface area contributed by atoms with Crippen LogP contribution in [-0.4, -0.2) is 11.4 Å². The summed E-state index contributed by atoms with van der Waals surface area (Å²) >= 11 is 0. The van der Waals surface area contributed by atoms with E-state index in [1.807, 2.05) is 0 Å². The summed E-state index contributed by atoms with van der Waals surface area (Å²) in [6, 6.07) is 1.13. The molecule has 18 heavy (non-hydrogen) atoms. The van der Waals surface area contributed by atoms with E-state index >= 15 is 0 Å². The van der Waals surface area contributed by atoms with E-state index in [0.29, 0.717) is 6.07 Å². The second-order valence-corrected chi connectivity index (χ2v) is 4.76. The first-order chi connectivity index (χ1) is 8.32. The van der Waals surface area contributed by atoms with E-state index in [4.69, 9.17) is 5.73 Å². The van der Waals surface area contributed by atoms with Crippen molar-refractivity contribution < 1.29 is 18.0 Å². The number of nitrogens with one attached hydrogen (secondary N) is 1. The van der Waals surface area contributed by atoms with E-state index in [-0.39, 0.29) is 5.92 Å². The van der Waals surface area contributed by atoms with Crippen LogP contribution in [0.1, 0.15) is 19.8 Å². The van der Waals surface area contributed by atoms with E-state index in [0.717, 1.165) is 18.9 Å². The highest BCUT2D eigenvalue weighted by molar-refractivity contribution is 5.98. The Hall–Kier alpha value is -1.56. The summed E-state index contributed by atoms with van der Waals surface area (Å²) in [6.07, 6.45) is 1.64. The Kier molecular flexibility index (Phi) is 3.06. The Morgan fingerprint density at radius 2 is 2.00 bits per heavy atom. The fraction of sp³-hybridized carbons (Fsp3) is 0.417. The number of rotatable bonds is 3. The third-order valence-corrected chi connectivity index (χ3v) is 3.16. The van der Waals surface area contributed by atoms with Gasteiger partial charge in [0.15, 0.2) is 11.6 Å². The molecule has 1 unspecified atom stereocenters. The number of nitrogens with two attached hydrogens (primary N) is 1. The topological polar surface area (TPSA) is 55.1 Å². The highest BCUT2D eigenvalue weighted by Crippen LogP contribution is 2.38. The van der Waals surface area contributed by atoms with Crippen LogP contribution in [0.2, 0.25) is 0 Å². The van der Waals surface area contributed by atoms with Crippen LogP contribution < -0.4 is 11.1 Å². The van der Waals surface area contributed by atoms with Crippen LogP contribution in [0.15, 0.2) is 12.1 Å². The number of hydrogen-bond donors (Lipinski definition) is 2. The summed E-state index contributed by atoms with van der Waals surface area (Å²) in [5.41, 5.74) is 4.13. The number of hydrogen-bond acceptors (Lipinski definition) is 2. The summed E-state index contributed by atoms with van der Waals surface area (Å²) in [6.45, 7) is 1.52. The van der Waals surface area contributed by atoms with Crippen LogP contribution in [0.3, 0.4) is 0 Å². The van der Waals surface area contributed by atoms with E-state index in [1.165, 1.54) is 6.92 Å². The van der Waals surface area contributed by atoms with Gasteiger partial charge in [0.25, 0.3) is 0 Å². The predicted octanol–water partition coefficient (Wildman–Crippen LogP) is 2.17. The minimum absolute atomic E-state index is 0.0268. The van der Waals surface area contributed by atoms with Crippen molar-refractivity contribution in [2.75, 3.05) is 5.32 Å². The summed E-state index contributed by atoms with van der Waals surface area (Å²) < 4.78 is 39.2. The number of benzene rings is 1. The maximum atomic E-state index is 13.3. The van der Waals surface area contributed by atoms with Crippen molar-refractivity contribution in [2.45, 2.75) is 25.3 Å². The molecule has 1 aromatic rings. The summed E-state index contributed by atoms with van der Waals surface area (Å²) in [4.78, 5) is 11.8. The standard InChI is InChI=1S/C12H13F3N2O/c1-12(16,6-2-3-6)11(18)17-9-5-7(13)4-8(14)10(9)15/h4-6H,2-3,16H2,1H3,(H,17,18). The second kappa shape index (κ2) is 4.28. The monoisotopic (exact) mass is 258 g/mol. The molecule has 1 aromatic carbocycles. The molecule has 0 heterocycles. The normalized spacial score (nSPS) is 18.3. The number of carbonyl (C=O) groups excluding carboxylic acids is 1. The molecule has 98 valence electrons. The van der Waals surface area contributed by atoms with Crippen LogP contribution >= 0.6 is 0 Å². The molecule has 1 aliphatic rings. The Balaban J connectivity index is 2.21. The van der Waals surface area contributed by atoms with Crippen LogP contribution in [-0.2, 0) is 4.79 Å². The lowest BCUT2D eigenvalue weighted by molar-refractivity contribution is -0.121. The van der Waals surface area contributed by atoms with Gasteiger partial charge in [-0.1, -0.05) is 0 Å². The lowest BCUT2D eigenvalue weighted by atomic mass is 9.96. The van der Waals surface area contributed by atoms with Crippen LogP contribution in [0.5, 0.6) is 0 Å². The lowest BCUT2D eigenvalue weighted by Crippen LogP contribution is -2.50. The Morgan fingerprint density at radius 3 is 2.56 bits per heavy atom. The smallest absolute Gasteiger partial charge is 0.244 e. The van der Waals surface area contributed by atoms with Crippen LogP contribution in [0, 0.1) is 23.4 Å². The molecule has 0 aromatic heterocycles. The van der Waals surface area contributed by atoms with Gasteiger partial charge in [-0.15, -0.1) is 0 Å². The quantitative estimate of drug-likeness (QED) is 0.816. The zero-order chi connectivity index (χ0) is 13.5. The molecule has 3 N–H and O–H groups in total. The van der Waals surface area contributed by atoms with E-state index in [2.05, 4.69) is 5.32 Å². The Bertz CT molecular complexity index is 498. The van der Waals surface area contributed by atoms with Gasteiger partial charge in [-0.05, 0) is 25.7 Å². The third kappa shape index (κ3) is 2.33. The zero-order valence-corrected chi connectivity index (χ0v) is 9.77. The largest absolute Gasteiger partial charge is 0.322 e. The molecule has 1 aliphatic carbocycles. The molecule has 1 fully saturated rings. The van der Waals surface area contributed by atoms with Crippen LogP contribution in [0.4, 0.5) is 18.9 Å². The molecular formula is C12H13F3N2O. The Labute approximate surface area is 102 Å². The summed E-state index contributed by atoms with van der Waals surface area (Å²) in [5, 5.41) is 2.13. The van der Waals surface area contributed by atoms with E-state index in [9.17, 15) is 18.0 Å². The zero-order valence-electron chi connectivity index (χ0n) is 9.77. The molecule has 0 bridgehead atoms.